The van der Waals surface area contributed by atoms with Gasteiger partial charge < -0.3 is 9.84 Å². The number of hydrogen-bond donors (Lipinski definition) is 1. The van der Waals surface area contributed by atoms with E-state index in [0.717, 1.165) is 0 Å². The highest BCUT2D eigenvalue weighted by molar-refractivity contribution is 6.09. The molecule has 0 saturated carbocycles. The zero-order valence-corrected chi connectivity index (χ0v) is 9.26. The molecule has 18 heavy (non-hydrogen) atoms. The number of hydrogen-bond acceptors (Lipinski definition) is 3. The number of carbonyl (C=O) groups excluding carboxylic acids is 1. The smallest absolute Gasteiger partial charge is 0.193 e. The average molecular weight is 244 g/mol. The molecule has 2 aliphatic rings. The van der Waals surface area contributed by atoms with E-state index in [4.69, 9.17) is 4.74 Å². The van der Waals surface area contributed by atoms with Crippen LogP contribution in [0.1, 0.15) is 11.7 Å². The highest BCUT2D eigenvalue weighted by atomic mass is 19.1. The monoisotopic (exact) mass is 244 g/mol. The fourth-order valence-electron chi connectivity index (χ4n) is 2.04. The number of ketones is 1. The predicted octanol–water partition coefficient (Wildman–Crippen LogP) is 2.73. The molecule has 1 aliphatic heterocycles. The summed E-state index contributed by atoms with van der Waals surface area (Å²) in [5.41, 5.74) is 0.788. The predicted molar refractivity (Wildman–Crippen MR) is 62.1 cm³/mol. The van der Waals surface area contributed by atoms with Crippen LogP contribution in [-0.4, -0.2) is 10.9 Å². The molecule has 0 spiro atoms. The molecule has 1 aliphatic carbocycles. The third-order valence-corrected chi connectivity index (χ3v) is 2.91. The minimum Gasteiger partial charge on any atom is -0.507 e. The molecule has 0 radical (unpaired) electrons. The number of aliphatic hydroxyl groups is 1. The Morgan fingerprint density at radius 1 is 1.22 bits per heavy atom. The number of fused-ring (bicyclic) bond motifs is 1. The summed E-state index contributed by atoms with van der Waals surface area (Å²) in [6.07, 6.45) is 3.82. The van der Waals surface area contributed by atoms with Gasteiger partial charge in [0.1, 0.15) is 17.1 Å². The van der Waals surface area contributed by atoms with Gasteiger partial charge in [0.25, 0.3) is 0 Å². The second-order valence-corrected chi connectivity index (χ2v) is 4.06. The van der Waals surface area contributed by atoms with Crippen molar-refractivity contribution in [1.82, 2.24) is 0 Å². The minimum absolute atomic E-state index is 0.123. The van der Waals surface area contributed by atoms with E-state index in [2.05, 4.69) is 0 Å². The first-order valence-corrected chi connectivity index (χ1v) is 5.45. The average Bonchev–Trinajstić information content (AvgIpc) is 2.69. The van der Waals surface area contributed by atoms with E-state index < -0.39 is 6.10 Å². The highest BCUT2D eigenvalue weighted by Gasteiger charge is 2.36. The zero-order valence-electron chi connectivity index (χ0n) is 9.26. The first-order valence-electron chi connectivity index (χ1n) is 5.45. The molecule has 0 aromatic heterocycles. The minimum atomic E-state index is -0.740. The number of ether oxygens (including phenoxy) is 1. The van der Waals surface area contributed by atoms with Gasteiger partial charge in [-0.3, -0.25) is 4.79 Å². The SMILES string of the molecule is O=C1C=CC=C2OC(c3ccc(F)cc3)C(O)=C12. The maximum absolute atomic E-state index is 12.8. The maximum Gasteiger partial charge on any atom is 0.193 e. The summed E-state index contributed by atoms with van der Waals surface area (Å²) in [4.78, 5) is 11.6. The van der Waals surface area contributed by atoms with Crippen LogP contribution < -0.4 is 0 Å². The molecule has 1 aromatic carbocycles. The van der Waals surface area contributed by atoms with E-state index in [-0.39, 0.29) is 22.9 Å². The summed E-state index contributed by atoms with van der Waals surface area (Å²) < 4.78 is 18.4. The zero-order chi connectivity index (χ0) is 12.7. The first-order chi connectivity index (χ1) is 8.66. The van der Waals surface area contributed by atoms with Gasteiger partial charge in [0.15, 0.2) is 17.6 Å². The van der Waals surface area contributed by atoms with Crippen molar-refractivity contribution in [1.29, 1.82) is 0 Å². The quantitative estimate of drug-likeness (QED) is 0.826. The van der Waals surface area contributed by atoms with Gasteiger partial charge in [-0.1, -0.05) is 18.2 Å². The lowest BCUT2D eigenvalue weighted by Gasteiger charge is -2.12. The Balaban J connectivity index is 2.03. The van der Waals surface area contributed by atoms with Gasteiger partial charge >= 0.3 is 0 Å². The van der Waals surface area contributed by atoms with E-state index >= 15 is 0 Å². The normalized spacial score (nSPS) is 21.7. The fourth-order valence-corrected chi connectivity index (χ4v) is 2.04. The second-order valence-electron chi connectivity index (χ2n) is 4.06. The lowest BCUT2D eigenvalue weighted by atomic mass is 10.0. The van der Waals surface area contributed by atoms with Gasteiger partial charge in [0, 0.05) is 5.56 Å². The molecule has 4 heteroatoms. The molecule has 1 N–H and O–H groups in total. The summed E-state index contributed by atoms with van der Waals surface area (Å²) in [6, 6.07) is 5.61. The second kappa shape index (κ2) is 3.84. The third-order valence-electron chi connectivity index (χ3n) is 2.91. The van der Waals surface area contributed by atoms with Crippen molar-refractivity contribution in [2.24, 2.45) is 0 Å². The number of halogens is 1. The van der Waals surface area contributed by atoms with Crippen molar-refractivity contribution in [2.75, 3.05) is 0 Å². The summed E-state index contributed by atoms with van der Waals surface area (Å²) >= 11 is 0. The topological polar surface area (TPSA) is 46.5 Å². The Labute approximate surface area is 103 Å². The Hall–Kier alpha value is -2.36. The van der Waals surface area contributed by atoms with Crippen molar-refractivity contribution in [3.05, 3.63) is 71.0 Å². The van der Waals surface area contributed by atoms with Gasteiger partial charge in [-0.05, 0) is 24.3 Å². The van der Waals surface area contributed by atoms with E-state index in [1.54, 1.807) is 12.2 Å². The van der Waals surface area contributed by atoms with Crippen LogP contribution in [0.4, 0.5) is 4.39 Å². The largest absolute Gasteiger partial charge is 0.507 e. The standard InChI is InChI=1S/C14H9FO3/c15-9-6-4-8(5-7-9)14-13(17)12-10(16)2-1-3-11(12)18-14/h1-7,14,17H. The van der Waals surface area contributed by atoms with E-state index in [0.29, 0.717) is 11.3 Å². The third kappa shape index (κ3) is 1.54. The number of carbonyl (C=O) groups is 1. The van der Waals surface area contributed by atoms with Crippen LogP contribution in [0.3, 0.4) is 0 Å². The molecule has 3 rings (SSSR count). The molecular formula is C14H9FO3. The van der Waals surface area contributed by atoms with E-state index in [1.807, 2.05) is 0 Å². The van der Waals surface area contributed by atoms with Crippen LogP contribution >= 0.6 is 0 Å². The van der Waals surface area contributed by atoms with Crippen LogP contribution in [0.25, 0.3) is 0 Å². The van der Waals surface area contributed by atoms with Crippen molar-refractivity contribution in [3.63, 3.8) is 0 Å². The summed E-state index contributed by atoms with van der Waals surface area (Å²) in [6.45, 7) is 0. The first kappa shape index (κ1) is 10.8. The number of aliphatic hydroxyl groups excluding tert-OH is 1. The van der Waals surface area contributed by atoms with Gasteiger partial charge in [0.2, 0.25) is 0 Å². The van der Waals surface area contributed by atoms with Gasteiger partial charge in [-0.2, -0.15) is 0 Å². The molecule has 0 saturated heterocycles. The summed E-state index contributed by atoms with van der Waals surface area (Å²) in [7, 11) is 0. The summed E-state index contributed by atoms with van der Waals surface area (Å²) in [5, 5.41) is 10.0. The number of allylic oxidation sites excluding steroid dienone is 4. The van der Waals surface area contributed by atoms with Crippen molar-refractivity contribution in [3.8, 4) is 0 Å². The molecule has 1 heterocycles. The number of rotatable bonds is 1. The Morgan fingerprint density at radius 2 is 1.94 bits per heavy atom. The lowest BCUT2D eigenvalue weighted by molar-refractivity contribution is -0.111. The molecule has 0 bridgehead atoms. The van der Waals surface area contributed by atoms with Crippen molar-refractivity contribution in [2.45, 2.75) is 6.10 Å². The summed E-state index contributed by atoms with van der Waals surface area (Å²) in [5.74, 6) is -0.413. The Kier molecular flexibility index (Phi) is 2.30. The van der Waals surface area contributed by atoms with Crippen molar-refractivity contribution < 1.29 is 19.0 Å². The maximum atomic E-state index is 12.8. The van der Waals surface area contributed by atoms with Gasteiger partial charge in [-0.15, -0.1) is 0 Å². The van der Waals surface area contributed by atoms with Crippen LogP contribution in [0.2, 0.25) is 0 Å². The van der Waals surface area contributed by atoms with Crippen LogP contribution in [0.5, 0.6) is 0 Å². The van der Waals surface area contributed by atoms with E-state index in [1.165, 1.54) is 30.3 Å². The van der Waals surface area contributed by atoms with Crippen LogP contribution in [-0.2, 0) is 9.53 Å². The lowest BCUT2D eigenvalue weighted by Crippen LogP contribution is -2.03. The van der Waals surface area contributed by atoms with Gasteiger partial charge in [-0.25, -0.2) is 4.39 Å². The fraction of sp³-hybridized carbons (Fsp3) is 0.0714. The molecule has 1 unspecified atom stereocenters. The molecule has 0 fully saturated rings. The molecular weight excluding hydrogens is 235 g/mol. The van der Waals surface area contributed by atoms with Gasteiger partial charge in [0.05, 0.1) is 0 Å². The molecule has 1 atom stereocenters. The highest BCUT2D eigenvalue weighted by Crippen LogP contribution is 2.40. The van der Waals surface area contributed by atoms with Crippen LogP contribution in [0.15, 0.2) is 59.6 Å². The van der Waals surface area contributed by atoms with E-state index in [9.17, 15) is 14.3 Å². The molecule has 90 valence electrons. The molecule has 3 nitrogen and oxygen atoms in total. The molecule has 0 amide bonds. The van der Waals surface area contributed by atoms with Crippen molar-refractivity contribution >= 4 is 5.78 Å². The number of benzene rings is 1. The Bertz CT molecular complexity index is 608. The van der Waals surface area contributed by atoms with Crippen LogP contribution in [0, 0.1) is 5.82 Å². The molecule has 1 aromatic rings. The Morgan fingerprint density at radius 3 is 2.61 bits per heavy atom.